The second kappa shape index (κ2) is 11.2. The third-order valence-electron chi connectivity index (χ3n) is 5.59. The minimum Gasteiger partial charge on any atom is -0.496 e. The Labute approximate surface area is 236 Å². The number of ether oxygens (including phenoxy) is 2. The molecule has 0 bridgehead atoms. The van der Waals surface area contributed by atoms with Gasteiger partial charge in [-0.05, 0) is 48.5 Å². The molecule has 4 rings (SSSR count). The van der Waals surface area contributed by atoms with Crippen LogP contribution < -0.4 is 25.0 Å². The van der Waals surface area contributed by atoms with Crippen molar-refractivity contribution in [1.82, 2.24) is 0 Å². The van der Waals surface area contributed by atoms with E-state index in [2.05, 4.69) is 10.6 Å². The van der Waals surface area contributed by atoms with Gasteiger partial charge in [0.15, 0.2) is 0 Å². The molecule has 3 amide bonds. The van der Waals surface area contributed by atoms with E-state index in [1.807, 2.05) is 0 Å². The summed E-state index contributed by atoms with van der Waals surface area (Å²) in [7, 11) is 2.68. The molecule has 10 nitrogen and oxygen atoms in total. The maximum atomic E-state index is 13.1. The minimum atomic E-state index is -1.23. The highest BCUT2D eigenvalue weighted by atomic mass is 35.5. The molecule has 0 spiro atoms. The number of nitrogens with one attached hydrogen (secondary N) is 2. The van der Waals surface area contributed by atoms with Crippen molar-refractivity contribution in [2.45, 2.75) is 0 Å². The summed E-state index contributed by atoms with van der Waals surface area (Å²) in [6, 6.07) is 12.9. The molecule has 1 aliphatic heterocycles. The Kier molecular flexibility index (Phi) is 8.01. The molecule has 3 N–H and O–H groups in total. The second-order valence-electron chi connectivity index (χ2n) is 7.94. The number of carbonyl (C=O) groups is 4. The summed E-state index contributed by atoms with van der Waals surface area (Å²) in [5.41, 5.74) is 0.542. The van der Waals surface area contributed by atoms with Gasteiger partial charge >= 0.3 is 5.97 Å². The normalized spacial score (nSPS) is 13.0. The van der Waals surface area contributed by atoms with E-state index in [0.717, 1.165) is 4.90 Å². The molecular formula is C26H18Cl3N3O7. The van der Waals surface area contributed by atoms with Crippen molar-refractivity contribution in [3.8, 4) is 11.5 Å². The Morgan fingerprint density at radius 1 is 0.872 bits per heavy atom. The standard InChI is InChI=1S/C26H18Cl3N3O7/c1-38-19-8-5-13(27)9-18(19)32-24(34)21(29)22(25(32)35)30-14-6-3-12(4-7-14)23(33)31-17-11-20(39-2)15(26(36)37)10-16(17)28/h3-11,30H,1-2H3,(H,31,33)(H,36,37). The molecule has 0 aliphatic carbocycles. The number of nitrogens with zero attached hydrogens (tertiary/aromatic N) is 1. The first-order valence-electron chi connectivity index (χ1n) is 11.0. The zero-order chi connectivity index (χ0) is 28.4. The van der Waals surface area contributed by atoms with Crippen molar-refractivity contribution in [2.24, 2.45) is 0 Å². The number of imide groups is 1. The molecule has 0 aromatic heterocycles. The number of hydrogen-bond donors (Lipinski definition) is 3. The summed E-state index contributed by atoms with van der Waals surface area (Å²) in [4.78, 5) is 50.9. The van der Waals surface area contributed by atoms with Gasteiger partial charge in [-0.3, -0.25) is 14.4 Å². The van der Waals surface area contributed by atoms with Crippen LogP contribution in [0.1, 0.15) is 20.7 Å². The first-order chi connectivity index (χ1) is 18.5. The fraction of sp³-hybridized carbons (Fsp3) is 0.0769. The topological polar surface area (TPSA) is 134 Å². The minimum absolute atomic E-state index is 0.00622. The molecule has 1 heterocycles. The van der Waals surface area contributed by atoms with Crippen molar-refractivity contribution in [3.63, 3.8) is 0 Å². The molecule has 13 heteroatoms. The Balaban J connectivity index is 1.51. The van der Waals surface area contributed by atoms with Gasteiger partial charge in [-0.25, -0.2) is 9.69 Å². The van der Waals surface area contributed by atoms with Gasteiger partial charge < -0.3 is 25.2 Å². The van der Waals surface area contributed by atoms with E-state index in [9.17, 15) is 24.3 Å². The summed E-state index contributed by atoms with van der Waals surface area (Å²) in [6.45, 7) is 0. The number of benzene rings is 3. The number of carboxylic acids is 1. The summed E-state index contributed by atoms with van der Waals surface area (Å²) in [5, 5.41) is 14.6. The molecule has 0 saturated heterocycles. The summed E-state index contributed by atoms with van der Waals surface area (Å²) >= 11 is 18.4. The number of carboxylic acid groups (broad SMARTS) is 1. The summed E-state index contributed by atoms with van der Waals surface area (Å²) < 4.78 is 10.3. The zero-order valence-corrected chi connectivity index (χ0v) is 22.4. The fourth-order valence-corrected chi connectivity index (χ4v) is 4.29. The number of hydrogen-bond acceptors (Lipinski definition) is 7. The van der Waals surface area contributed by atoms with Crippen LogP contribution in [0.25, 0.3) is 0 Å². The highest BCUT2D eigenvalue weighted by Crippen LogP contribution is 2.37. The van der Waals surface area contributed by atoms with E-state index in [-0.39, 0.29) is 54.8 Å². The lowest BCUT2D eigenvalue weighted by atomic mass is 10.1. The lowest BCUT2D eigenvalue weighted by molar-refractivity contribution is -0.120. The predicted molar refractivity (Wildman–Crippen MR) is 146 cm³/mol. The van der Waals surface area contributed by atoms with Crippen LogP contribution in [0.4, 0.5) is 17.1 Å². The van der Waals surface area contributed by atoms with Crippen LogP contribution in [0.5, 0.6) is 11.5 Å². The molecule has 3 aromatic rings. The van der Waals surface area contributed by atoms with E-state index >= 15 is 0 Å². The van der Waals surface area contributed by atoms with E-state index < -0.39 is 23.7 Å². The Morgan fingerprint density at radius 2 is 1.54 bits per heavy atom. The van der Waals surface area contributed by atoms with Gasteiger partial charge in [0.1, 0.15) is 27.8 Å². The Hall–Kier alpha value is -4.25. The average Bonchev–Trinajstić information content (AvgIpc) is 3.12. The van der Waals surface area contributed by atoms with Crippen molar-refractivity contribution in [3.05, 3.63) is 86.5 Å². The number of aromatic carboxylic acids is 1. The molecule has 3 aromatic carbocycles. The third-order valence-corrected chi connectivity index (χ3v) is 6.49. The summed E-state index contributed by atoms with van der Waals surface area (Å²) in [5.74, 6) is -2.99. The van der Waals surface area contributed by atoms with Gasteiger partial charge in [0, 0.05) is 22.3 Å². The molecular weight excluding hydrogens is 573 g/mol. The first kappa shape index (κ1) is 27.8. The Morgan fingerprint density at radius 3 is 2.15 bits per heavy atom. The van der Waals surface area contributed by atoms with Crippen LogP contribution in [0.3, 0.4) is 0 Å². The number of anilines is 3. The largest absolute Gasteiger partial charge is 0.496 e. The number of carbonyl (C=O) groups excluding carboxylic acids is 3. The van der Waals surface area contributed by atoms with Crippen molar-refractivity contribution < 1.29 is 33.8 Å². The lowest BCUT2D eigenvalue weighted by Crippen LogP contribution is -2.32. The quantitative estimate of drug-likeness (QED) is 0.297. The highest BCUT2D eigenvalue weighted by molar-refractivity contribution is 6.53. The van der Waals surface area contributed by atoms with Crippen LogP contribution in [0, 0.1) is 0 Å². The maximum absolute atomic E-state index is 13.1. The van der Waals surface area contributed by atoms with E-state index in [1.54, 1.807) is 6.07 Å². The molecule has 0 atom stereocenters. The van der Waals surface area contributed by atoms with Crippen LogP contribution in [-0.4, -0.2) is 43.0 Å². The molecule has 200 valence electrons. The molecule has 0 radical (unpaired) electrons. The SMILES string of the molecule is COc1cc(NC(=O)c2ccc(NC3=C(Cl)C(=O)N(c4cc(Cl)ccc4OC)C3=O)cc2)c(Cl)cc1C(=O)O. The summed E-state index contributed by atoms with van der Waals surface area (Å²) in [6.07, 6.45) is 0. The number of methoxy groups -OCH3 is 2. The van der Waals surface area contributed by atoms with Gasteiger partial charge in [-0.2, -0.15) is 0 Å². The van der Waals surface area contributed by atoms with Gasteiger partial charge in [0.2, 0.25) is 0 Å². The van der Waals surface area contributed by atoms with Gasteiger partial charge in [0.05, 0.1) is 30.6 Å². The van der Waals surface area contributed by atoms with Crippen LogP contribution in [-0.2, 0) is 9.59 Å². The number of halogens is 3. The third kappa shape index (κ3) is 5.49. The van der Waals surface area contributed by atoms with Gasteiger partial charge in [-0.15, -0.1) is 0 Å². The van der Waals surface area contributed by atoms with Crippen LogP contribution in [0.15, 0.2) is 65.3 Å². The number of amides is 3. The predicted octanol–water partition coefficient (Wildman–Crippen LogP) is 5.40. The van der Waals surface area contributed by atoms with Crippen LogP contribution >= 0.6 is 34.8 Å². The lowest BCUT2D eigenvalue weighted by Gasteiger charge is -2.18. The van der Waals surface area contributed by atoms with Crippen molar-refractivity contribution in [1.29, 1.82) is 0 Å². The molecule has 1 aliphatic rings. The van der Waals surface area contributed by atoms with E-state index in [1.165, 1.54) is 62.8 Å². The molecule has 39 heavy (non-hydrogen) atoms. The molecule has 0 fully saturated rings. The smallest absolute Gasteiger partial charge is 0.339 e. The second-order valence-corrected chi connectivity index (χ2v) is 9.17. The van der Waals surface area contributed by atoms with E-state index in [4.69, 9.17) is 44.3 Å². The average molecular weight is 591 g/mol. The fourth-order valence-electron chi connectivity index (χ4n) is 3.70. The highest BCUT2D eigenvalue weighted by Gasteiger charge is 2.40. The molecule has 0 unspecified atom stereocenters. The molecule has 0 saturated carbocycles. The Bertz CT molecular complexity index is 1560. The first-order valence-corrected chi connectivity index (χ1v) is 12.1. The maximum Gasteiger partial charge on any atom is 0.339 e. The van der Waals surface area contributed by atoms with Crippen molar-refractivity contribution >= 4 is 75.6 Å². The zero-order valence-electron chi connectivity index (χ0n) is 20.2. The van der Waals surface area contributed by atoms with E-state index in [0.29, 0.717) is 5.69 Å². The van der Waals surface area contributed by atoms with Crippen molar-refractivity contribution in [2.75, 3.05) is 29.8 Å². The van der Waals surface area contributed by atoms with Gasteiger partial charge in [-0.1, -0.05) is 34.8 Å². The van der Waals surface area contributed by atoms with Gasteiger partial charge in [0.25, 0.3) is 17.7 Å². The monoisotopic (exact) mass is 589 g/mol. The number of rotatable bonds is 8. The van der Waals surface area contributed by atoms with Crippen LogP contribution in [0.2, 0.25) is 10.0 Å².